The molecule has 1 saturated heterocycles. The van der Waals surface area contributed by atoms with Gasteiger partial charge in [-0.1, -0.05) is 24.0 Å². The summed E-state index contributed by atoms with van der Waals surface area (Å²) in [6.07, 6.45) is -6.99. The van der Waals surface area contributed by atoms with Crippen molar-refractivity contribution in [1.82, 2.24) is 4.90 Å². The van der Waals surface area contributed by atoms with Crippen LogP contribution in [0.1, 0.15) is 62.1 Å². The van der Waals surface area contributed by atoms with Crippen LogP contribution in [-0.2, 0) is 15.7 Å². The molecule has 9 heteroatoms. The zero-order valence-corrected chi connectivity index (χ0v) is 18.3. The van der Waals surface area contributed by atoms with E-state index in [0.29, 0.717) is 24.9 Å². The Morgan fingerprint density at radius 2 is 1.79 bits per heavy atom. The molecule has 2 unspecified atom stereocenters. The van der Waals surface area contributed by atoms with Crippen LogP contribution in [0.3, 0.4) is 0 Å². The minimum absolute atomic E-state index is 0.0827. The summed E-state index contributed by atoms with van der Waals surface area (Å²) < 4.78 is 82.8. The third-order valence-electron chi connectivity index (χ3n) is 6.19. The highest BCUT2D eigenvalue weighted by Gasteiger charge is 2.37. The average Bonchev–Trinajstić information content (AvgIpc) is 3.57. The first kappa shape index (κ1) is 25.4. The molecule has 3 atom stereocenters. The quantitative estimate of drug-likeness (QED) is 0.281. The number of hydrogen-bond donors (Lipinski definition) is 0. The van der Waals surface area contributed by atoms with Crippen LogP contribution in [0.25, 0.3) is 0 Å². The number of carbonyl (C=O) groups excluding carboxylic acids is 1. The molecule has 2 aliphatic rings. The van der Waals surface area contributed by atoms with Crippen LogP contribution in [0.5, 0.6) is 0 Å². The van der Waals surface area contributed by atoms with E-state index in [9.17, 15) is 31.1 Å². The van der Waals surface area contributed by atoms with Gasteiger partial charge in [0.25, 0.3) is 0 Å². The number of alkyl halides is 6. The Kier molecular flexibility index (Phi) is 7.99. The molecule has 0 amide bonds. The molecule has 2 fully saturated rings. The van der Waals surface area contributed by atoms with E-state index >= 15 is 0 Å². The summed E-state index contributed by atoms with van der Waals surface area (Å²) in [5, 5.41) is 0. The number of piperidine rings is 1. The number of rotatable bonds is 6. The molecule has 0 spiro atoms. The fraction of sp³-hybridized carbons (Fsp3) is 0.625. The van der Waals surface area contributed by atoms with Crippen LogP contribution < -0.4 is 0 Å². The Bertz CT molecular complexity index is 864. The lowest BCUT2D eigenvalue weighted by molar-refractivity contribution is -0.143. The Hall–Kier alpha value is -2.21. The van der Waals surface area contributed by atoms with Crippen molar-refractivity contribution in [3.63, 3.8) is 0 Å². The number of likely N-dealkylation sites (tertiary alicyclic amines) is 1. The van der Waals surface area contributed by atoms with Gasteiger partial charge in [0.15, 0.2) is 0 Å². The number of halogens is 6. The number of ether oxygens (including phenoxy) is 1. The van der Waals surface area contributed by atoms with Crippen LogP contribution in [0.2, 0.25) is 0 Å². The highest BCUT2D eigenvalue weighted by Crippen LogP contribution is 2.40. The molecule has 1 aliphatic heterocycles. The van der Waals surface area contributed by atoms with Crippen LogP contribution in [0, 0.1) is 23.7 Å². The predicted molar refractivity (Wildman–Crippen MR) is 110 cm³/mol. The summed E-state index contributed by atoms with van der Waals surface area (Å²) in [5.41, 5.74) is -0.218. The fourth-order valence-corrected chi connectivity index (χ4v) is 4.22. The summed E-state index contributed by atoms with van der Waals surface area (Å²) in [6, 6.07) is 3.60. The fourth-order valence-electron chi connectivity index (χ4n) is 4.22. The van der Waals surface area contributed by atoms with E-state index in [-0.39, 0.29) is 30.6 Å². The van der Waals surface area contributed by atoms with E-state index in [2.05, 4.69) is 11.8 Å². The van der Waals surface area contributed by atoms with Crippen molar-refractivity contribution in [2.75, 3.05) is 13.7 Å². The lowest BCUT2D eigenvalue weighted by Gasteiger charge is -2.42. The molecule has 1 aromatic carbocycles. The number of carbonyl (C=O) groups is 1. The van der Waals surface area contributed by atoms with E-state index in [0.717, 1.165) is 25.0 Å². The van der Waals surface area contributed by atoms with Gasteiger partial charge in [-0.25, -0.2) is 0 Å². The molecule has 182 valence electrons. The van der Waals surface area contributed by atoms with Gasteiger partial charge in [-0.3, -0.25) is 9.69 Å². The summed E-state index contributed by atoms with van der Waals surface area (Å²) in [6.45, 7) is 0.398. The van der Waals surface area contributed by atoms with Gasteiger partial charge in [0.2, 0.25) is 0 Å². The molecule has 1 aliphatic carbocycles. The van der Waals surface area contributed by atoms with Crippen molar-refractivity contribution in [3.05, 3.63) is 35.4 Å². The monoisotopic (exact) mass is 475 g/mol. The standard InChI is InChI=1S/C24H27F6NO2/c1-33-22(32)15-17-11-13-31(20(9-4-16-2-3-16)10-12-23(25,26)27)21(14-17)18-5-7-19(8-6-18)24(28,29)30/h5-8,16-17,20-21H,2-3,10-15H2,1H3/t17?,20-,21?/m1/s1. The smallest absolute Gasteiger partial charge is 0.416 e. The minimum Gasteiger partial charge on any atom is -0.469 e. The van der Waals surface area contributed by atoms with Gasteiger partial charge in [0.1, 0.15) is 0 Å². The third-order valence-corrected chi connectivity index (χ3v) is 6.19. The molecule has 0 N–H and O–H groups in total. The zero-order valence-electron chi connectivity index (χ0n) is 18.3. The molecule has 3 nitrogen and oxygen atoms in total. The second-order valence-electron chi connectivity index (χ2n) is 8.78. The van der Waals surface area contributed by atoms with E-state index in [1.165, 1.54) is 19.2 Å². The summed E-state index contributed by atoms with van der Waals surface area (Å²) in [7, 11) is 1.28. The summed E-state index contributed by atoms with van der Waals surface area (Å²) >= 11 is 0. The highest BCUT2D eigenvalue weighted by molar-refractivity contribution is 5.69. The first-order valence-corrected chi connectivity index (χ1v) is 11.0. The largest absolute Gasteiger partial charge is 0.469 e. The predicted octanol–water partition coefficient (Wildman–Crippen LogP) is 6.15. The number of nitrogens with zero attached hydrogens (tertiary/aromatic N) is 1. The molecule has 33 heavy (non-hydrogen) atoms. The molecule has 1 heterocycles. The van der Waals surface area contributed by atoms with Crippen molar-refractivity contribution in [3.8, 4) is 11.8 Å². The van der Waals surface area contributed by atoms with Crippen molar-refractivity contribution < 1.29 is 35.9 Å². The Balaban J connectivity index is 1.88. The maximum Gasteiger partial charge on any atom is 0.416 e. The Morgan fingerprint density at radius 1 is 1.12 bits per heavy atom. The van der Waals surface area contributed by atoms with Gasteiger partial charge in [-0.05, 0) is 55.7 Å². The summed E-state index contributed by atoms with van der Waals surface area (Å²) in [4.78, 5) is 13.7. The second kappa shape index (κ2) is 10.4. The highest BCUT2D eigenvalue weighted by atomic mass is 19.4. The second-order valence-corrected chi connectivity index (χ2v) is 8.78. The van der Waals surface area contributed by atoms with E-state index < -0.39 is 36.4 Å². The Morgan fingerprint density at radius 3 is 2.33 bits per heavy atom. The van der Waals surface area contributed by atoms with Gasteiger partial charge < -0.3 is 4.74 Å². The van der Waals surface area contributed by atoms with Gasteiger partial charge in [-0.2, -0.15) is 26.3 Å². The van der Waals surface area contributed by atoms with Crippen molar-refractivity contribution in [1.29, 1.82) is 0 Å². The molecule has 1 aromatic rings. The normalized spacial score (nSPS) is 22.9. The van der Waals surface area contributed by atoms with E-state index in [1.54, 1.807) is 0 Å². The summed E-state index contributed by atoms with van der Waals surface area (Å²) in [5.74, 6) is 5.83. The first-order valence-electron chi connectivity index (χ1n) is 11.0. The maximum atomic E-state index is 13.0. The van der Waals surface area contributed by atoms with Gasteiger partial charge in [0, 0.05) is 31.3 Å². The molecule has 0 aromatic heterocycles. The van der Waals surface area contributed by atoms with E-state index in [1.807, 2.05) is 4.90 Å². The first-order chi connectivity index (χ1) is 15.5. The number of benzene rings is 1. The van der Waals surface area contributed by atoms with Gasteiger partial charge in [-0.15, -0.1) is 0 Å². The lowest BCUT2D eigenvalue weighted by atomic mass is 9.83. The SMILES string of the molecule is COC(=O)CC1CCN([C@H](C#CC2CC2)CCC(F)(F)F)C(c2ccc(C(F)(F)F)cc2)C1. The van der Waals surface area contributed by atoms with Crippen LogP contribution in [-0.4, -0.2) is 36.7 Å². The van der Waals surface area contributed by atoms with Gasteiger partial charge in [0.05, 0.1) is 18.7 Å². The van der Waals surface area contributed by atoms with Crippen LogP contribution in [0.4, 0.5) is 26.3 Å². The Labute approximate surface area is 189 Å². The molecule has 1 saturated carbocycles. The lowest BCUT2D eigenvalue weighted by Crippen LogP contribution is -2.44. The molecular formula is C24H27F6NO2. The number of hydrogen-bond acceptors (Lipinski definition) is 3. The third kappa shape index (κ3) is 7.66. The minimum atomic E-state index is -4.48. The zero-order chi connectivity index (χ0) is 24.2. The van der Waals surface area contributed by atoms with Crippen LogP contribution >= 0.6 is 0 Å². The topological polar surface area (TPSA) is 29.5 Å². The average molecular weight is 475 g/mol. The number of methoxy groups -OCH3 is 1. The molecular weight excluding hydrogens is 448 g/mol. The molecule has 0 radical (unpaired) electrons. The van der Waals surface area contributed by atoms with Gasteiger partial charge >= 0.3 is 18.3 Å². The van der Waals surface area contributed by atoms with E-state index in [4.69, 9.17) is 4.74 Å². The molecule has 3 rings (SSSR count). The number of esters is 1. The van der Waals surface area contributed by atoms with Crippen LogP contribution in [0.15, 0.2) is 24.3 Å². The van der Waals surface area contributed by atoms with Crippen molar-refractivity contribution in [2.45, 2.75) is 69.4 Å². The molecule has 0 bridgehead atoms. The van der Waals surface area contributed by atoms with Crippen molar-refractivity contribution >= 4 is 5.97 Å². The van der Waals surface area contributed by atoms with Crippen molar-refractivity contribution in [2.24, 2.45) is 11.8 Å². The maximum absolute atomic E-state index is 13.0.